The molecule has 1 N–H and O–H groups in total. The number of benzene rings is 3. The number of anilines is 1. The van der Waals surface area contributed by atoms with E-state index in [-0.39, 0.29) is 24.3 Å². The molecule has 186 valence electrons. The Kier molecular flexibility index (Phi) is 8.11. The number of nitrogens with zero attached hydrogens (tertiary/aromatic N) is 2. The first-order valence-electron chi connectivity index (χ1n) is 11.3. The molecular weight excluding hydrogens is 554 g/mol. The normalized spacial score (nSPS) is 14.1. The number of carbonyl (C=O) groups excluding carboxylic acids is 3. The fraction of sp³-hybridized carbons (Fsp3) is 0.143. The third-order valence-corrected chi connectivity index (χ3v) is 7.31. The maximum Gasteiger partial charge on any atom is 0.293 e. The molecule has 0 unspecified atom stereocenters. The van der Waals surface area contributed by atoms with Gasteiger partial charge in [0, 0.05) is 4.47 Å². The van der Waals surface area contributed by atoms with Gasteiger partial charge in [0.15, 0.2) is 6.61 Å². The molecule has 37 heavy (non-hydrogen) atoms. The zero-order valence-electron chi connectivity index (χ0n) is 20.1. The van der Waals surface area contributed by atoms with Crippen molar-refractivity contribution in [3.05, 3.63) is 97.9 Å². The van der Waals surface area contributed by atoms with Crippen LogP contribution in [0.4, 0.5) is 10.5 Å². The first-order valence-corrected chi connectivity index (χ1v) is 12.9. The van der Waals surface area contributed by atoms with Gasteiger partial charge >= 0.3 is 0 Å². The van der Waals surface area contributed by atoms with Crippen LogP contribution in [0.1, 0.15) is 27.8 Å². The van der Waals surface area contributed by atoms with Crippen LogP contribution in [0.25, 0.3) is 6.08 Å². The van der Waals surface area contributed by atoms with Gasteiger partial charge in [0.2, 0.25) is 0 Å². The van der Waals surface area contributed by atoms with Crippen molar-refractivity contribution in [3.63, 3.8) is 0 Å². The van der Waals surface area contributed by atoms with E-state index in [2.05, 4.69) is 27.3 Å². The minimum absolute atomic E-state index is 0.0410. The van der Waals surface area contributed by atoms with Gasteiger partial charge in [0.1, 0.15) is 5.75 Å². The monoisotopic (exact) mass is 575 g/mol. The van der Waals surface area contributed by atoms with Crippen molar-refractivity contribution in [1.82, 2.24) is 4.90 Å². The summed E-state index contributed by atoms with van der Waals surface area (Å²) in [6.45, 7) is 3.85. The lowest BCUT2D eigenvalue weighted by molar-refractivity contribution is -0.123. The summed E-state index contributed by atoms with van der Waals surface area (Å²) in [6, 6.07) is 19.7. The second-order valence-electron chi connectivity index (χ2n) is 8.36. The van der Waals surface area contributed by atoms with Crippen LogP contribution in [0.5, 0.6) is 5.75 Å². The molecule has 1 saturated heterocycles. The maximum absolute atomic E-state index is 12.8. The number of nitrogens with one attached hydrogen (secondary N) is 1. The van der Waals surface area contributed by atoms with Gasteiger partial charge < -0.3 is 10.1 Å². The standard InChI is InChI=1S/C28H22BrN3O4S/c1-17-11-23(29)24(12-18(17)2)31-26(33)16-36-22-9-7-19(8-10-22)13-25-27(34)32(28(35)37-25)15-21-6-4-3-5-20(21)14-30/h3-13H,15-16H2,1-2H3,(H,31,33)/b25-13+. The first-order chi connectivity index (χ1) is 17.7. The molecule has 3 amide bonds. The predicted molar refractivity (Wildman–Crippen MR) is 147 cm³/mol. The van der Waals surface area contributed by atoms with Crippen LogP contribution in [0.15, 0.2) is 70.0 Å². The van der Waals surface area contributed by atoms with E-state index < -0.39 is 5.91 Å². The Bertz CT molecular complexity index is 1460. The van der Waals surface area contributed by atoms with Gasteiger partial charge in [-0.15, -0.1) is 0 Å². The Morgan fingerprint density at radius 1 is 1.11 bits per heavy atom. The summed E-state index contributed by atoms with van der Waals surface area (Å²) < 4.78 is 6.39. The molecule has 1 aliphatic heterocycles. The summed E-state index contributed by atoms with van der Waals surface area (Å²) in [5, 5.41) is 11.7. The quantitative estimate of drug-likeness (QED) is 0.337. The lowest BCUT2D eigenvalue weighted by atomic mass is 10.1. The maximum atomic E-state index is 12.8. The molecule has 0 spiro atoms. The van der Waals surface area contributed by atoms with Crippen molar-refractivity contribution in [3.8, 4) is 11.8 Å². The summed E-state index contributed by atoms with van der Waals surface area (Å²) in [5.74, 6) is -0.204. The zero-order chi connectivity index (χ0) is 26.5. The Morgan fingerprint density at radius 2 is 1.81 bits per heavy atom. The summed E-state index contributed by atoms with van der Waals surface area (Å²) in [7, 11) is 0. The average Bonchev–Trinajstić information content (AvgIpc) is 3.14. The molecule has 1 heterocycles. The molecule has 3 aromatic rings. The van der Waals surface area contributed by atoms with E-state index in [1.54, 1.807) is 54.6 Å². The third kappa shape index (κ3) is 6.28. The van der Waals surface area contributed by atoms with E-state index in [4.69, 9.17) is 4.74 Å². The van der Waals surface area contributed by atoms with E-state index >= 15 is 0 Å². The number of hydrogen-bond acceptors (Lipinski definition) is 6. The molecule has 7 nitrogen and oxygen atoms in total. The number of carbonyl (C=O) groups is 3. The van der Waals surface area contributed by atoms with Crippen molar-refractivity contribution in [2.24, 2.45) is 0 Å². The summed E-state index contributed by atoms with van der Waals surface area (Å²) in [4.78, 5) is 39.1. The minimum atomic E-state index is -0.405. The highest BCUT2D eigenvalue weighted by molar-refractivity contribution is 9.10. The van der Waals surface area contributed by atoms with Crippen molar-refractivity contribution < 1.29 is 19.1 Å². The molecule has 9 heteroatoms. The van der Waals surface area contributed by atoms with Crippen LogP contribution in [0, 0.1) is 25.2 Å². The van der Waals surface area contributed by atoms with Gasteiger partial charge in [-0.05, 0) is 100 Å². The molecule has 1 fully saturated rings. The molecule has 0 atom stereocenters. The Hall–Kier alpha value is -3.87. The molecule has 0 aliphatic carbocycles. The van der Waals surface area contributed by atoms with Gasteiger partial charge in [-0.3, -0.25) is 19.3 Å². The highest BCUT2D eigenvalue weighted by Gasteiger charge is 2.35. The SMILES string of the molecule is Cc1cc(Br)c(NC(=O)COc2ccc(/C=C3/SC(=O)N(Cc4ccccc4C#N)C3=O)cc2)cc1C. The Balaban J connectivity index is 1.36. The third-order valence-electron chi connectivity index (χ3n) is 5.75. The summed E-state index contributed by atoms with van der Waals surface area (Å²) in [5.41, 5.74) is 4.62. The lowest BCUT2D eigenvalue weighted by Gasteiger charge is -2.13. The fourth-order valence-corrected chi connectivity index (χ4v) is 4.99. The summed E-state index contributed by atoms with van der Waals surface area (Å²) >= 11 is 4.32. The molecule has 0 saturated carbocycles. The average molecular weight is 576 g/mol. The van der Waals surface area contributed by atoms with Crippen LogP contribution in [-0.2, 0) is 16.1 Å². The van der Waals surface area contributed by atoms with E-state index in [1.807, 2.05) is 26.0 Å². The van der Waals surface area contributed by atoms with Crippen LogP contribution < -0.4 is 10.1 Å². The van der Waals surface area contributed by atoms with Crippen LogP contribution >= 0.6 is 27.7 Å². The van der Waals surface area contributed by atoms with Gasteiger partial charge in [-0.25, -0.2) is 0 Å². The number of nitriles is 1. The second-order valence-corrected chi connectivity index (χ2v) is 10.2. The number of rotatable bonds is 7. The minimum Gasteiger partial charge on any atom is -0.484 e. The summed E-state index contributed by atoms with van der Waals surface area (Å²) in [6.07, 6.45) is 1.63. The molecule has 0 aromatic heterocycles. The molecule has 4 rings (SSSR count). The van der Waals surface area contributed by atoms with E-state index in [0.717, 1.165) is 32.3 Å². The van der Waals surface area contributed by atoms with Crippen LogP contribution in [0.3, 0.4) is 0 Å². The largest absolute Gasteiger partial charge is 0.484 e. The molecule has 0 bridgehead atoms. The smallest absolute Gasteiger partial charge is 0.293 e. The van der Waals surface area contributed by atoms with Crippen LogP contribution in [-0.4, -0.2) is 28.6 Å². The zero-order valence-corrected chi connectivity index (χ0v) is 22.5. The van der Waals surface area contributed by atoms with Gasteiger partial charge in [-0.2, -0.15) is 5.26 Å². The number of aryl methyl sites for hydroxylation is 2. The molecule has 0 radical (unpaired) electrons. The topological polar surface area (TPSA) is 99.5 Å². The molecular formula is C28H22BrN3O4S. The van der Waals surface area contributed by atoms with Crippen molar-refractivity contribution in [1.29, 1.82) is 5.26 Å². The number of thioether (sulfide) groups is 1. The van der Waals surface area contributed by atoms with E-state index in [9.17, 15) is 19.6 Å². The number of amides is 3. The molecule has 3 aromatic carbocycles. The van der Waals surface area contributed by atoms with Gasteiger partial charge in [0.25, 0.3) is 17.1 Å². The Morgan fingerprint density at radius 3 is 2.54 bits per heavy atom. The van der Waals surface area contributed by atoms with Crippen LogP contribution in [0.2, 0.25) is 0 Å². The second kappa shape index (κ2) is 11.5. The van der Waals surface area contributed by atoms with Gasteiger partial charge in [-0.1, -0.05) is 30.3 Å². The van der Waals surface area contributed by atoms with Gasteiger partial charge in [0.05, 0.1) is 28.8 Å². The number of halogens is 1. The molecule has 1 aliphatic rings. The number of imide groups is 1. The van der Waals surface area contributed by atoms with Crippen molar-refractivity contribution in [2.45, 2.75) is 20.4 Å². The van der Waals surface area contributed by atoms with Crippen molar-refractivity contribution in [2.75, 3.05) is 11.9 Å². The van der Waals surface area contributed by atoms with E-state index in [1.165, 1.54) is 0 Å². The van der Waals surface area contributed by atoms with Crippen molar-refractivity contribution >= 4 is 56.5 Å². The number of ether oxygens (including phenoxy) is 1. The number of hydrogen-bond donors (Lipinski definition) is 1. The lowest BCUT2D eigenvalue weighted by Crippen LogP contribution is -2.27. The fourth-order valence-electron chi connectivity index (χ4n) is 3.60. The first kappa shape index (κ1) is 26.2. The van der Waals surface area contributed by atoms with E-state index in [0.29, 0.717) is 33.0 Å². The predicted octanol–water partition coefficient (Wildman–Crippen LogP) is 6.19. The Labute approximate surface area is 227 Å². The highest BCUT2D eigenvalue weighted by atomic mass is 79.9. The highest BCUT2D eigenvalue weighted by Crippen LogP contribution is 2.34.